The summed E-state index contributed by atoms with van der Waals surface area (Å²) in [5, 5.41) is 0. The third-order valence-electron chi connectivity index (χ3n) is 4.11. The minimum atomic E-state index is -0.313. The molecule has 1 heterocycles. The van der Waals surface area contributed by atoms with Crippen LogP contribution in [0.5, 0.6) is 17.2 Å². The Morgan fingerprint density at radius 1 is 0.917 bits per heavy atom. The number of likely N-dealkylation sites (N-methyl/N-ethyl adjacent to an activating group) is 1. The zero-order chi connectivity index (χ0) is 16.8. The van der Waals surface area contributed by atoms with Crippen LogP contribution in [0.2, 0.25) is 0 Å². The summed E-state index contributed by atoms with van der Waals surface area (Å²) < 4.78 is 24.7. The number of piperazine rings is 1. The third kappa shape index (κ3) is 4.94. The fourth-order valence-electron chi connectivity index (χ4n) is 2.66. The van der Waals surface area contributed by atoms with Gasteiger partial charge in [-0.25, -0.2) is 4.39 Å². The predicted molar refractivity (Wildman–Crippen MR) is 92.3 cm³/mol. The summed E-state index contributed by atoms with van der Waals surface area (Å²) in [4.78, 5) is 4.75. The molecule has 5 heteroatoms. The van der Waals surface area contributed by atoms with Crippen molar-refractivity contribution in [1.29, 1.82) is 0 Å². The molecular weight excluding hydrogens is 307 g/mol. The zero-order valence-electron chi connectivity index (χ0n) is 14.0. The van der Waals surface area contributed by atoms with E-state index in [-0.39, 0.29) is 5.82 Å². The first-order valence-electron chi connectivity index (χ1n) is 8.26. The number of rotatable bonds is 6. The summed E-state index contributed by atoms with van der Waals surface area (Å²) in [6, 6.07) is 13.5. The van der Waals surface area contributed by atoms with E-state index in [0.29, 0.717) is 18.1 Å². The van der Waals surface area contributed by atoms with Crippen LogP contribution in [-0.4, -0.2) is 56.2 Å². The molecule has 4 nitrogen and oxygen atoms in total. The van der Waals surface area contributed by atoms with Crippen LogP contribution in [0.15, 0.2) is 48.5 Å². The molecule has 128 valence electrons. The smallest absolute Gasteiger partial charge is 0.131 e. The molecule has 0 unspecified atom stereocenters. The first kappa shape index (κ1) is 16.7. The molecule has 0 N–H and O–H groups in total. The van der Waals surface area contributed by atoms with Crippen LogP contribution in [0.4, 0.5) is 4.39 Å². The Labute approximate surface area is 142 Å². The van der Waals surface area contributed by atoms with E-state index in [1.165, 1.54) is 12.1 Å². The first-order valence-corrected chi connectivity index (χ1v) is 8.26. The van der Waals surface area contributed by atoms with Crippen LogP contribution in [0.3, 0.4) is 0 Å². The maximum atomic E-state index is 13.2. The summed E-state index contributed by atoms with van der Waals surface area (Å²) in [5.41, 5.74) is 0. The van der Waals surface area contributed by atoms with Crippen molar-refractivity contribution in [3.05, 3.63) is 54.3 Å². The average Bonchev–Trinajstić information content (AvgIpc) is 2.57. The van der Waals surface area contributed by atoms with E-state index in [1.807, 2.05) is 24.3 Å². The van der Waals surface area contributed by atoms with Gasteiger partial charge in [-0.3, -0.25) is 4.90 Å². The molecule has 0 bridgehead atoms. The maximum absolute atomic E-state index is 13.2. The third-order valence-corrected chi connectivity index (χ3v) is 4.11. The Morgan fingerprint density at radius 3 is 2.33 bits per heavy atom. The van der Waals surface area contributed by atoms with Gasteiger partial charge < -0.3 is 14.4 Å². The molecule has 1 aliphatic heterocycles. The molecule has 1 fully saturated rings. The molecule has 24 heavy (non-hydrogen) atoms. The lowest BCUT2D eigenvalue weighted by Gasteiger charge is -2.32. The van der Waals surface area contributed by atoms with Crippen molar-refractivity contribution in [2.24, 2.45) is 0 Å². The predicted octanol–water partition coefficient (Wildman–Crippen LogP) is 3.24. The first-order chi connectivity index (χ1) is 11.7. The van der Waals surface area contributed by atoms with Crippen LogP contribution in [0.25, 0.3) is 0 Å². The number of hydrogen-bond acceptors (Lipinski definition) is 4. The van der Waals surface area contributed by atoms with E-state index in [1.54, 1.807) is 12.1 Å². The van der Waals surface area contributed by atoms with Gasteiger partial charge in [-0.15, -0.1) is 0 Å². The van der Waals surface area contributed by atoms with Gasteiger partial charge in [0.2, 0.25) is 0 Å². The van der Waals surface area contributed by atoms with Gasteiger partial charge in [0.25, 0.3) is 0 Å². The highest BCUT2D eigenvalue weighted by molar-refractivity contribution is 5.36. The van der Waals surface area contributed by atoms with Gasteiger partial charge in [0.1, 0.15) is 29.7 Å². The van der Waals surface area contributed by atoms with Crippen LogP contribution < -0.4 is 9.47 Å². The molecule has 1 saturated heterocycles. The molecule has 2 aromatic rings. The SMILES string of the molecule is CN1CCN(CCOc2cccc(Oc3cccc(F)c3)c2)CC1. The standard InChI is InChI=1S/C19H23FN2O2/c1-21-8-10-22(11-9-21)12-13-23-17-5-3-7-19(15-17)24-18-6-2-4-16(20)14-18/h2-7,14-15H,8-13H2,1H3. The van der Waals surface area contributed by atoms with Crippen molar-refractivity contribution in [3.8, 4) is 17.2 Å². The second-order valence-electron chi connectivity index (χ2n) is 6.03. The van der Waals surface area contributed by atoms with E-state index < -0.39 is 0 Å². The van der Waals surface area contributed by atoms with Crippen LogP contribution >= 0.6 is 0 Å². The fourth-order valence-corrected chi connectivity index (χ4v) is 2.66. The van der Waals surface area contributed by atoms with Gasteiger partial charge in [0.05, 0.1) is 0 Å². The zero-order valence-corrected chi connectivity index (χ0v) is 14.0. The van der Waals surface area contributed by atoms with Crippen LogP contribution in [0, 0.1) is 5.82 Å². The normalized spacial score (nSPS) is 16.1. The van der Waals surface area contributed by atoms with E-state index in [4.69, 9.17) is 9.47 Å². The number of benzene rings is 2. The molecule has 2 aromatic carbocycles. The monoisotopic (exact) mass is 330 g/mol. The minimum Gasteiger partial charge on any atom is -0.492 e. The Balaban J connectivity index is 1.50. The Kier molecular flexibility index (Phi) is 5.67. The molecule has 0 radical (unpaired) electrons. The molecule has 0 saturated carbocycles. The van der Waals surface area contributed by atoms with E-state index >= 15 is 0 Å². The fraction of sp³-hybridized carbons (Fsp3) is 0.368. The minimum absolute atomic E-state index is 0.313. The molecule has 1 aliphatic rings. The Morgan fingerprint density at radius 2 is 1.58 bits per heavy atom. The van der Waals surface area contributed by atoms with Crippen molar-refractivity contribution in [2.75, 3.05) is 46.4 Å². The lowest BCUT2D eigenvalue weighted by atomic mass is 10.3. The summed E-state index contributed by atoms with van der Waals surface area (Å²) in [7, 11) is 2.15. The molecule has 0 atom stereocenters. The molecule has 0 aromatic heterocycles. The summed E-state index contributed by atoms with van der Waals surface area (Å²) in [6.07, 6.45) is 0. The van der Waals surface area contributed by atoms with Gasteiger partial charge in [0, 0.05) is 44.9 Å². The van der Waals surface area contributed by atoms with E-state index in [0.717, 1.165) is 38.5 Å². The van der Waals surface area contributed by atoms with Crippen LogP contribution in [-0.2, 0) is 0 Å². The largest absolute Gasteiger partial charge is 0.492 e. The highest BCUT2D eigenvalue weighted by atomic mass is 19.1. The summed E-state index contributed by atoms with van der Waals surface area (Å²) in [6.45, 7) is 5.95. The Hall–Kier alpha value is -2.11. The van der Waals surface area contributed by atoms with Crippen molar-refractivity contribution < 1.29 is 13.9 Å². The lowest BCUT2D eigenvalue weighted by Crippen LogP contribution is -2.45. The number of nitrogens with zero attached hydrogens (tertiary/aromatic N) is 2. The lowest BCUT2D eigenvalue weighted by molar-refractivity contribution is 0.133. The van der Waals surface area contributed by atoms with E-state index in [9.17, 15) is 4.39 Å². The second-order valence-corrected chi connectivity index (χ2v) is 6.03. The second kappa shape index (κ2) is 8.13. The van der Waals surface area contributed by atoms with Crippen molar-refractivity contribution in [2.45, 2.75) is 0 Å². The van der Waals surface area contributed by atoms with Gasteiger partial charge in [-0.2, -0.15) is 0 Å². The van der Waals surface area contributed by atoms with Crippen molar-refractivity contribution in [3.63, 3.8) is 0 Å². The maximum Gasteiger partial charge on any atom is 0.131 e. The number of hydrogen-bond donors (Lipinski definition) is 0. The summed E-state index contributed by atoms with van der Waals surface area (Å²) >= 11 is 0. The van der Waals surface area contributed by atoms with E-state index in [2.05, 4.69) is 16.8 Å². The van der Waals surface area contributed by atoms with Gasteiger partial charge in [-0.05, 0) is 31.3 Å². The summed E-state index contributed by atoms with van der Waals surface area (Å²) in [5.74, 6) is 1.56. The topological polar surface area (TPSA) is 24.9 Å². The molecule has 0 spiro atoms. The number of halogens is 1. The van der Waals surface area contributed by atoms with Gasteiger partial charge in [0.15, 0.2) is 0 Å². The molecule has 3 rings (SSSR count). The Bertz CT molecular complexity index is 657. The van der Waals surface area contributed by atoms with Gasteiger partial charge >= 0.3 is 0 Å². The average molecular weight is 330 g/mol. The van der Waals surface area contributed by atoms with Gasteiger partial charge in [-0.1, -0.05) is 12.1 Å². The van der Waals surface area contributed by atoms with Crippen molar-refractivity contribution >= 4 is 0 Å². The molecular formula is C19H23FN2O2. The molecule has 0 aliphatic carbocycles. The quantitative estimate of drug-likeness (QED) is 0.812. The number of ether oxygens (including phenoxy) is 2. The highest BCUT2D eigenvalue weighted by Gasteiger charge is 2.13. The highest BCUT2D eigenvalue weighted by Crippen LogP contribution is 2.25. The van der Waals surface area contributed by atoms with Crippen molar-refractivity contribution in [1.82, 2.24) is 9.80 Å². The van der Waals surface area contributed by atoms with Crippen LogP contribution in [0.1, 0.15) is 0 Å². The molecule has 0 amide bonds.